The molecule has 0 fully saturated rings. The van der Waals surface area contributed by atoms with Gasteiger partial charge in [-0.05, 0) is 24.3 Å². The van der Waals surface area contributed by atoms with Gasteiger partial charge in [0.25, 0.3) is 5.91 Å². The second kappa shape index (κ2) is 9.11. The van der Waals surface area contributed by atoms with Crippen LogP contribution in [0.2, 0.25) is 10.0 Å². The molecule has 0 aliphatic rings. The van der Waals surface area contributed by atoms with Gasteiger partial charge in [0.15, 0.2) is 6.61 Å². The Morgan fingerprint density at radius 3 is 2.52 bits per heavy atom. The van der Waals surface area contributed by atoms with Crippen LogP contribution in [0, 0.1) is 11.3 Å². The first-order chi connectivity index (χ1) is 12.0. The van der Waals surface area contributed by atoms with E-state index in [2.05, 4.69) is 0 Å². The summed E-state index contributed by atoms with van der Waals surface area (Å²) < 4.78 is 10.2. The Bertz CT molecular complexity index is 764. The second-order valence-electron chi connectivity index (χ2n) is 4.98. The fourth-order valence-corrected chi connectivity index (χ4v) is 2.60. The minimum Gasteiger partial charge on any atom is -0.467 e. The van der Waals surface area contributed by atoms with E-state index in [1.807, 2.05) is 6.07 Å². The van der Waals surface area contributed by atoms with E-state index in [-0.39, 0.29) is 35.1 Å². The van der Waals surface area contributed by atoms with Gasteiger partial charge in [-0.1, -0.05) is 29.3 Å². The van der Waals surface area contributed by atoms with Crippen LogP contribution in [-0.2, 0) is 16.1 Å². The predicted octanol–water partition coefficient (Wildman–Crippen LogP) is 3.69. The molecule has 0 aliphatic heterocycles. The van der Waals surface area contributed by atoms with Gasteiger partial charge in [0.05, 0.1) is 40.9 Å². The maximum atomic E-state index is 12.3. The number of benzene rings is 1. The minimum atomic E-state index is -0.790. The number of carbonyl (C=O) groups excluding carboxylic acids is 2. The summed E-state index contributed by atoms with van der Waals surface area (Å²) in [4.78, 5) is 25.8. The van der Waals surface area contributed by atoms with Crippen LogP contribution in [0.25, 0.3) is 0 Å². The molecule has 0 bridgehead atoms. The van der Waals surface area contributed by atoms with Gasteiger partial charge in [0.1, 0.15) is 5.76 Å². The topological polar surface area (TPSA) is 83.5 Å². The summed E-state index contributed by atoms with van der Waals surface area (Å²) in [5.74, 6) is -0.683. The maximum absolute atomic E-state index is 12.3. The first kappa shape index (κ1) is 18.8. The van der Waals surface area contributed by atoms with Gasteiger partial charge >= 0.3 is 5.97 Å². The Morgan fingerprint density at radius 1 is 1.20 bits per heavy atom. The standard InChI is InChI=1S/C17H14Cl2N2O4/c18-13-5-1-6-14(19)16(13)17(23)25-11-15(22)21(8-3-7-20)10-12-4-2-9-24-12/h1-2,4-6,9H,3,8,10-11H2. The molecule has 25 heavy (non-hydrogen) atoms. The van der Waals surface area contributed by atoms with Crippen LogP contribution in [-0.4, -0.2) is 29.9 Å². The van der Waals surface area contributed by atoms with Crippen molar-refractivity contribution >= 4 is 35.1 Å². The van der Waals surface area contributed by atoms with E-state index in [1.54, 1.807) is 18.2 Å². The quantitative estimate of drug-likeness (QED) is 0.683. The molecule has 0 radical (unpaired) electrons. The second-order valence-corrected chi connectivity index (χ2v) is 5.79. The molecule has 0 N–H and O–H groups in total. The van der Waals surface area contributed by atoms with E-state index in [0.29, 0.717) is 5.76 Å². The molecule has 0 saturated carbocycles. The molecule has 1 aromatic heterocycles. The smallest absolute Gasteiger partial charge is 0.341 e. The number of hydrogen-bond acceptors (Lipinski definition) is 5. The Labute approximate surface area is 154 Å². The van der Waals surface area contributed by atoms with Crippen molar-refractivity contribution in [3.63, 3.8) is 0 Å². The average Bonchev–Trinajstić information content (AvgIpc) is 3.09. The molecule has 8 heteroatoms. The summed E-state index contributed by atoms with van der Waals surface area (Å²) in [6, 6.07) is 9.98. The maximum Gasteiger partial charge on any atom is 0.341 e. The van der Waals surface area contributed by atoms with Crippen molar-refractivity contribution in [3.05, 3.63) is 58.0 Å². The van der Waals surface area contributed by atoms with Crippen LogP contribution >= 0.6 is 23.2 Å². The van der Waals surface area contributed by atoms with Gasteiger partial charge in [0, 0.05) is 6.54 Å². The van der Waals surface area contributed by atoms with Gasteiger partial charge in [-0.2, -0.15) is 5.26 Å². The van der Waals surface area contributed by atoms with Crippen LogP contribution < -0.4 is 0 Å². The summed E-state index contributed by atoms with van der Waals surface area (Å²) >= 11 is 11.9. The number of hydrogen-bond donors (Lipinski definition) is 0. The lowest BCUT2D eigenvalue weighted by atomic mass is 10.2. The first-order valence-electron chi connectivity index (χ1n) is 7.31. The van der Waals surface area contributed by atoms with Crippen LogP contribution in [0.1, 0.15) is 22.5 Å². The number of halogens is 2. The zero-order valence-corrected chi connectivity index (χ0v) is 14.6. The van der Waals surface area contributed by atoms with Crippen molar-refractivity contribution in [2.75, 3.05) is 13.2 Å². The van der Waals surface area contributed by atoms with Gasteiger partial charge in [-0.25, -0.2) is 4.79 Å². The van der Waals surface area contributed by atoms with E-state index in [0.717, 1.165) is 0 Å². The molecule has 1 amide bonds. The Morgan fingerprint density at radius 2 is 1.92 bits per heavy atom. The lowest BCUT2D eigenvalue weighted by Gasteiger charge is -2.20. The summed E-state index contributed by atoms with van der Waals surface area (Å²) in [6.07, 6.45) is 1.64. The Hall–Kier alpha value is -2.49. The van der Waals surface area contributed by atoms with Gasteiger partial charge in [0.2, 0.25) is 0 Å². The molecule has 0 spiro atoms. The largest absolute Gasteiger partial charge is 0.467 e. The van der Waals surface area contributed by atoms with E-state index in [4.69, 9.17) is 37.6 Å². The Balaban J connectivity index is 2.00. The number of furan rings is 1. The van der Waals surface area contributed by atoms with Crippen LogP contribution in [0.3, 0.4) is 0 Å². The summed E-state index contributed by atoms with van der Waals surface area (Å²) in [5.41, 5.74) is 0.00763. The molecular weight excluding hydrogens is 367 g/mol. The highest BCUT2D eigenvalue weighted by atomic mass is 35.5. The molecular formula is C17H14Cl2N2O4. The molecule has 0 atom stereocenters. The van der Waals surface area contributed by atoms with Gasteiger partial charge < -0.3 is 14.1 Å². The zero-order valence-electron chi connectivity index (χ0n) is 13.1. The predicted molar refractivity (Wildman–Crippen MR) is 91.1 cm³/mol. The highest BCUT2D eigenvalue weighted by molar-refractivity contribution is 6.39. The molecule has 6 nitrogen and oxygen atoms in total. The van der Waals surface area contributed by atoms with Crippen molar-refractivity contribution in [3.8, 4) is 6.07 Å². The lowest BCUT2D eigenvalue weighted by Crippen LogP contribution is -2.35. The molecule has 2 aromatic rings. The normalized spacial score (nSPS) is 10.1. The third-order valence-electron chi connectivity index (χ3n) is 3.27. The highest BCUT2D eigenvalue weighted by Crippen LogP contribution is 2.24. The van der Waals surface area contributed by atoms with Crippen LogP contribution in [0.4, 0.5) is 0 Å². The molecule has 0 aliphatic carbocycles. The van der Waals surface area contributed by atoms with Crippen LogP contribution in [0.15, 0.2) is 41.0 Å². The van der Waals surface area contributed by atoms with Crippen LogP contribution in [0.5, 0.6) is 0 Å². The first-order valence-corrected chi connectivity index (χ1v) is 8.06. The number of amides is 1. The lowest BCUT2D eigenvalue weighted by molar-refractivity contribution is -0.135. The minimum absolute atomic E-state index is 0.00763. The van der Waals surface area contributed by atoms with E-state index in [1.165, 1.54) is 23.3 Å². The van der Waals surface area contributed by atoms with Crippen molar-refractivity contribution in [1.82, 2.24) is 4.90 Å². The Kier molecular flexibility index (Phi) is 6.87. The summed E-state index contributed by atoms with van der Waals surface area (Å²) in [6.45, 7) is -0.120. The fraction of sp³-hybridized carbons (Fsp3) is 0.235. The fourth-order valence-electron chi connectivity index (χ4n) is 2.05. The average molecular weight is 381 g/mol. The third-order valence-corrected chi connectivity index (χ3v) is 3.90. The highest BCUT2D eigenvalue weighted by Gasteiger charge is 2.20. The number of ether oxygens (including phenoxy) is 1. The number of esters is 1. The van der Waals surface area contributed by atoms with Crippen molar-refractivity contribution in [2.24, 2.45) is 0 Å². The number of rotatable bonds is 7. The monoisotopic (exact) mass is 380 g/mol. The zero-order chi connectivity index (χ0) is 18.2. The van der Waals surface area contributed by atoms with Crippen molar-refractivity contribution < 1.29 is 18.7 Å². The molecule has 130 valence electrons. The van der Waals surface area contributed by atoms with E-state index >= 15 is 0 Å². The van der Waals surface area contributed by atoms with Gasteiger partial charge in [-0.15, -0.1) is 0 Å². The molecule has 2 rings (SSSR count). The molecule has 0 saturated heterocycles. The van der Waals surface area contributed by atoms with Crippen molar-refractivity contribution in [2.45, 2.75) is 13.0 Å². The summed E-state index contributed by atoms with van der Waals surface area (Å²) in [7, 11) is 0. The number of carbonyl (C=O) groups is 2. The van der Waals surface area contributed by atoms with E-state index in [9.17, 15) is 9.59 Å². The number of nitrogens with zero attached hydrogens (tertiary/aromatic N) is 2. The van der Waals surface area contributed by atoms with Crippen molar-refractivity contribution in [1.29, 1.82) is 5.26 Å². The third kappa shape index (κ3) is 5.24. The SMILES string of the molecule is N#CCCN(Cc1ccco1)C(=O)COC(=O)c1c(Cl)cccc1Cl. The summed E-state index contributed by atoms with van der Waals surface area (Å²) in [5, 5.41) is 9.01. The number of nitriles is 1. The molecule has 0 unspecified atom stereocenters. The molecule has 1 heterocycles. The van der Waals surface area contributed by atoms with Gasteiger partial charge in [-0.3, -0.25) is 4.79 Å². The molecule has 1 aromatic carbocycles. The van der Waals surface area contributed by atoms with E-state index < -0.39 is 18.5 Å².